The summed E-state index contributed by atoms with van der Waals surface area (Å²) in [6.45, 7) is 4.18. The summed E-state index contributed by atoms with van der Waals surface area (Å²) >= 11 is 0. The fourth-order valence-corrected chi connectivity index (χ4v) is 2.98. The van der Waals surface area contributed by atoms with Gasteiger partial charge in [-0.25, -0.2) is 4.98 Å². The third-order valence-electron chi connectivity index (χ3n) is 4.34. The van der Waals surface area contributed by atoms with Crippen molar-refractivity contribution in [1.29, 1.82) is 0 Å². The van der Waals surface area contributed by atoms with E-state index in [1.807, 2.05) is 31.2 Å². The van der Waals surface area contributed by atoms with Gasteiger partial charge in [0.25, 0.3) is 5.91 Å². The van der Waals surface area contributed by atoms with Crippen LogP contribution in [0.1, 0.15) is 23.0 Å². The SMILES string of the molecule is CC(=O)Nc1cc2c(cc1NC(=O)c1ncoc1-c1ccc(C)cc1)OCCO2. The Kier molecular flexibility index (Phi) is 4.90. The monoisotopic (exact) mass is 393 g/mol. The van der Waals surface area contributed by atoms with Crippen LogP contribution in [-0.4, -0.2) is 30.0 Å². The second kappa shape index (κ2) is 7.67. The zero-order valence-electron chi connectivity index (χ0n) is 15.9. The van der Waals surface area contributed by atoms with E-state index in [0.717, 1.165) is 11.1 Å². The molecule has 2 amide bonds. The number of hydrogen-bond donors (Lipinski definition) is 2. The second-order valence-corrected chi connectivity index (χ2v) is 6.57. The topological polar surface area (TPSA) is 103 Å². The molecule has 148 valence electrons. The van der Waals surface area contributed by atoms with Gasteiger partial charge >= 0.3 is 0 Å². The fraction of sp³-hybridized carbons (Fsp3) is 0.190. The van der Waals surface area contributed by atoms with Gasteiger partial charge in [0, 0.05) is 24.6 Å². The van der Waals surface area contributed by atoms with Gasteiger partial charge in [0.1, 0.15) is 13.2 Å². The van der Waals surface area contributed by atoms with E-state index >= 15 is 0 Å². The number of amides is 2. The van der Waals surface area contributed by atoms with Crippen LogP contribution in [0.15, 0.2) is 47.2 Å². The minimum Gasteiger partial charge on any atom is -0.486 e. The second-order valence-electron chi connectivity index (χ2n) is 6.57. The standard InChI is InChI=1S/C21H19N3O5/c1-12-3-5-14(6-4-12)20-19(22-11-29-20)21(26)24-16-10-18-17(27-7-8-28-18)9-15(16)23-13(2)25/h3-6,9-11H,7-8H2,1-2H3,(H,23,25)(H,24,26). The fourth-order valence-electron chi connectivity index (χ4n) is 2.98. The maximum Gasteiger partial charge on any atom is 0.278 e. The van der Waals surface area contributed by atoms with Crippen LogP contribution in [-0.2, 0) is 4.79 Å². The molecule has 29 heavy (non-hydrogen) atoms. The van der Waals surface area contributed by atoms with Crippen LogP contribution in [0.4, 0.5) is 11.4 Å². The Bertz CT molecular complexity index is 1070. The molecule has 1 aliphatic rings. The van der Waals surface area contributed by atoms with Gasteiger partial charge in [-0.15, -0.1) is 0 Å². The molecule has 0 fully saturated rings. The van der Waals surface area contributed by atoms with Gasteiger partial charge in [0.05, 0.1) is 11.4 Å². The van der Waals surface area contributed by atoms with E-state index in [1.54, 1.807) is 12.1 Å². The van der Waals surface area contributed by atoms with Crippen molar-refractivity contribution in [3.63, 3.8) is 0 Å². The van der Waals surface area contributed by atoms with Crippen molar-refractivity contribution in [2.24, 2.45) is 0 Å². The van der Waals surface area contributed by atoms with Gasteiger partial charge < -0.3 is 24.5 Å². The van der Waals surface area contributed by atoms with Crippen molar-refractivity contribution in [2.75, 3.05) is 23.8 Å². The molecule has 0 bridgehead atoms. The molecule has 1 aliphatic heterocycles. The molecule has 8 heteroatoms. The van der Waals surface area contributed by atoms with Crippen molar-refractivity contribution in [1.82, 2.24) is 4.98 Å². The normalized spacial score (nSPS) is 12.3. The number of nitrogens with zero attached hydrogens (tertiary/aromatic N) is 1. The van der Waals surface area contributed by atoms with Crippen LogP contribution < -0.4 is 20.1 Å². The first-order chi connectivity index (χ1) is 14.0. The largest absolute Gasteiger partial charge is 0.486 e. The quantitative estimate of drug-likeness (QED) is 0.702. The maximum absolute atomic E-state index is 12.9. The molecule has 0 aliphatic carbocycles. The minimum absolute atomic E-state index is 0.137. The molecule has 0 saturated carbocycles. The molecule has 1 aromatic heterocycles. The molecule has 0 radical (unpaired) electrons. The lowest BCUT2D eigenvalue weighted by Gasteiger charge is -2.21. The van der Waals surface area contributed by atoms with Crippen molar-refractivity contribution in [2.45, 2.75) is 13.8 Å². The predicted octanol–water partition coefficient (Wildman–Crippen LogP) is 3.63. The zero-order chi connectivity index (χ0) is 20.4. The number of anilines is 2. The highest BCUT2D eigenvalue weighted by Crippen LogP contribution is 2.38. The number of nitrogens with one attached hydrogen (secondary N) is 2. The Morgan fingerprint density at radius 3 is 2.21 bits per heavy atom. The van der Waals surface area contributed by atoms with Gasteiger partial charge in [0.15, 0.2) is 29.3 Å². The number of benzene rings is 2. The third kappa shape index (κ3) is 3.91. The summed E-state index contributed by atoms with van der Waals surface area (Å²) in [6, 6.07) is 10.8. The van der Waals surface area contributed by atoms with Crippen LogP contribution >= 0.6 is 0 Å². The molecule has 3 aromatic rings. The summed E-state index contributed by atoms with van der Waals surface area (Å²) in [5.41, 5.74) is 2.73. The van der Waals surface area contributed by atoms with Crippen LogP contribution in [0.25, 0.3) is 11.3 Å². The number of rotatable bonds is 4. The summed E-state index contributed by atoms with van der Waals surface area (Å²) < 4.78 is 16.6. The number of carbonyl (C=O) groups excluding carboxylic acids is 2. The Balaban J connectivity index is 1.66. The predicted molar refractivity (Wildman–Crippen MR) is 106 cm³/mol. The van der Waals surface area contributed by atoms with E-state index in [4.69, 9.17) is 13.9 Å². The molecular formula is C21H19N3O5. The van der Waals surface area contributed by atoms with Crippen LogP contribution in [0.5, 0.6) is 11.5 Å². The number of fused-ring (bicyclic) bond motifs is 1. The van der Waals surface area contributed by atoms with Gasteiger partial charge in [-0.05, 0) is 6.92 Å². The Morgan fingerprint density at radius 1 is 0.966 bits per heavy atom. The van der Waals surface area contributed by atoms with Crippen molar-refractivity contribution in [3.8, 4) is 22.8 Å². The highest BCUT2D eigenvalue weighted by molar-refractivity contribution is 6.09. The molecule has 0 spiro atoms. The lowest BCUT2D eigenvalue weighted by molar-refractivity contribution is -0.114. The average Bonchev–Trinajstić information content (AvgIpc) is 3.18. The minimum atomic E-state index is -0.474. The summed E-state index contributed by atoms with van der Waals surface area (Å²) in [5, 5.41) is 5.47. The van der Waals surface area contributed by atoms with Gasteiger partial charge in [-0.2, -0.15) is 0 Å². The Morgan fingerprint density at radius 2 is 1.59 bits per heavy atom. The highest BCUT2D eigenvalue weighted by atomic mass is 16.6. The number of carbonyl (C=O) groups is 2. The molecular weight excluding hydrogens is 374 g/mol. The number of oxazole rings is 1. The summed E-state index contributed by atoms with van der Waals surface area (Å²) in [4.78, 5) is 28.6. The summed E-state index contributed by atoms with van der Waals surface area (Å²) in [5.74, 6) is 0.594. The van der Waals surface area contributed by atoms with E-state index in [-0.39, 0.29) is 11.6 Å². The van der Waals surface area contributed by atoms with Crippen LogP contribution in [0, 0.1) is 6.92 Å². The van der Waals surface area contributed by atoms with E-state index < -0.39 is 5.91 Å². The molecule has 8 nitrogen and oxygen atoms in total. The van der Waals surface area contributed by atoms with E-state index in [0.29, 0.717) is 41.8 Å². The van der Waals surface area contributed by atoms with E-state index in [9.17, 15) is 9.59 Å². The smallest absolute Gasteiger partial charge is 0.278 e. The summed E-state index contributed by atoms with van der Waals surface area (Å²) in [6.07, 6.45) is 1.22. The van der Waals surface area contributed by atoms with Crippen molar-refractivity contribution >= 4 is 23.2 Å². The van der Waals surface area contributed by atoms with E-state index in [2.05, 4.69) is 15.6 Å². The lowest BCUT2D eigenvalue weighted by Crippen LogP contribution is -2.19. The zero-order valence-corrected chi connectivity index (χ0v) is 15.9. The Hall–Kier alpha value is -3.81. The van der Waals surface area contributed by atoms with E-state index in [1.165, 1.54) is 13.3 Å². The molecule has 2 N–H and O–H groups in total. The molecule has 0 saturated heterocycles. The number of hydrogen-bond acceptors (Lipinski definition) is 6. The first-order valence-electron chi connectivity index (χ1n) is 9.04. The van der Waals surface area contributed by atoms with Gasteiger partial charge in [-0.3, -0.25) is 9.59 Å². The highest BCUT2D eigenvalue weighted by Gasteiger charge is 2.22. The van der Waals surface area contributed by atoms with Crippen molar-refractivity contribution in [3.05, 3.63) is 54.0 Å². The number of aromatic nitrogens is 1. The maximum atomic E-state index is 12.9. The Labute approximate surface area is 166 Å². The molecule has 2 heterocycles. The molecule has 0 unspecified atom stereocenters. The first kappa shape index (κ1) is 18.5. The molecule has 2 aromatic carbocycles. The van der Waals surface area contributed by atoms with Crippen molar-refractivity contribution < 1.29 is 23.5 Å². The summed E-state index contributed by atoms with van der Waals surface area (Å²) in [7, 11) is 0. The lowest BCUT2D eigenvalue weighted by atomic mass is 10.1. The third-order valence-corrected chi connectivity index (χ3v) is 4.34. The molecule has 0 atom stereocenters. The molecule has 4 rings (SSSR count). The number of ether oxygens (including phenoxy) is 2. The van der Waals surface area contributed by atoms with Gasteiger partial charge in [-0.1, -0.05) is 29.8 Å². The van der Waals surface area contributed by atoms with Gasteiger partial charge in [0.2, 0.25) is 5.91 Å². The average molecular weight is 393 g/mol. The first-order valence-corrected chi connectivity index (χ1v) is 9.04. The van der Waals surface area contributed by atoms with Crippen LogP contribution in [0.3, 0.4) is 0 Å². The van der Waals surface area contributed by atoms with Crippen LogP contribution in [0.2, 0.25) is 0 Å². The number of aryl methyl sites for hydroxylation is 1.